The molecule has 0 atom stereocenters. The van der Waals surface area contributed by atoms with E-state index in [9.17, 15) is 4.79 Å². The molecule has 0 bridgehead atoms. The summed E-state index contributed by atoms with van der Waals surface area (Å²) in [5.41, 5.74) is 3.76. The number of amides is 1. The van der Waals surface area contributed by atoms with Crippen LogP contribution in [0.4, 0.5) is 0 Å². The molecule has 9 nitrogen and oxygen atoms in total. The first-order chi connectivity index (χ1) is 16.6. The third kappa shape index (κ3) is 4.52. The Morgan fingerprint density at radius 2 is 1.85 bits per heavy atom. The Morgan fingerprint density at radius 3 is 2.62 bits per heavy atom. The van der Waals surface area contributed by atoms with Gasteiger partial charge in [-0.1, -0.05) is 17.3 Å². The highest BCUT2D eigenvalue weighted by Gasteiger charge is 2.21. The van der Waals surface area contributed by atoms with Crippen molar-refractivity contribution in [3.8, 4) is 28.5 Å². The molecule has 0 saturated carbocycles. The van der Waals surface area contributed by atoms with E-state index in [4.69, 9.17) is 14.0 Å². The normalized spacial score (nSPS) is 14.6. The number of nitrogens with one attached hydrogen (secondary N) is 1. The predicted molar refractivity (Wildman–Crippen MR) is 128 cm³/mol. The van der Waals surface area contributed by atoms with Gasteiger partial charge in [0.15, 0.2) is 5.76 Å². The van der Waals surface area contributed by atoms with E-state index in [-0.39, 0.29) is 5.91 Å². The van der Waals surface area contributed by atoms with E-state index in [1.807, 2.05) is 53.4 Å². The number of nitrogens with zero attached hydrogens (tertiary/aromatic N) is 4. The fraction of sp³-hybridized carbons (Fsp3) is 0.320. The second-order valence-electron chi connectivity index (χ2n) is 8.37. The van der Waals surface area contributed by atoms with Crippen molar-refractivity contribution in [1.82, 2.24) is 25.2 Å². The summed E-state index contributed by atoms with van der Waals surface area (Å²) < 4.78 is 16.3. The minimum atomic E-state index is 0.0639. The predicted octanol–water partition coefficient (Wildman–Crippen LogP) is 3.30. The molecule has 2 aromatic heterocycles. The van der Waals surface area contributed by atoms with Gasteiger partial charge in [-0.15, -0.1) is 0 Å². The van der Waals surface area contributed by atoms with Crippen molar-refractivity contribution in [3.05, 3.63) is 54.1 Å². The molecule has 1 saturated heterocycles. The fourth-order valence-corrected chi connectivity index (χ4v) is 4.02. The molecule has 1 amide bonds. The second kappa shape index (κ2) is 9.66. The zero-order chi connectivity index (χ0) is 23.5. The summed E-state index contributed by atoms with van der Waals surface area (Å²) in [5, 5.41) is 12.6. The van der Waals surface area contributed by atoms with E-state index < -0.39 is 0 Å². The first kappa shape index (κ1) is 22.1. The van der Waals surface area contributed by atoms with Crippen LogP contribution in [0.3, 0.4) is 0 Å². The van der Waals surface area contributed by atoms with Crippen molar-refractivity contribution >= 4 is 16.8 Å². The van der Waals surface area contributed by atoms with Gasteiger partial charge in [0.05, 0.1) is 12.1 Å². The van der Waals surface area contributed by atoms with Gasteiger partial charge in [0, 0.05) is 61.9 Å². The van der Waals surface area contributed by atoms with Gasteiger partial charge in [0.25, 0.3) is 5.91 Å². The number of rotatable bonds is 7. The number of fused-ring (bicyclic) bond motifs is 1. The number of H-pyrrole nitrogens is 1. The van der Waals surface area contributed by atoms with Crippen LogP contribution in [0.5, 0.6) is 5.75 Å². The summed E-state index contributed by atoms with van der Waals surface area (Å²) >= 11 is 0. The summed E-state index contributed by atoms with van der Waals surface area (Å²) in [7, 11) is 3.71. The van der Waals surface area contributed by atoms with Crippen molar-refractivity contribution in [1.29, 1.82) is 0 Å². The van der Waals surface area contributed by atoms with Gasteiger partial charge in [-0.25, -0.2) is 0 Å². The maximum absolute atomic E-state index is 12.8. The van der Waals surface area contributed by atoms with Crippen molar-refractivity contribution in [2.45, 2.75) is 0 Å². The Kier molecular flexibility index (Phi) is 6.29. The Balaban J connectivity index is 1.31. The average molecular weight is 462 g/mol. The number of likely N-dealkylation sites (N-methyl/N-ethyl adjacent to an activating group) is 1. The highest BCUT2D eigenvalue weighted by atomic mass is 16.5. The molecule has 1 aliphatic rings. The lowest BCUT2D eigenvalue weighted by atomic mass is 10.1. The third-order valence-corrected chi connectivity index (χ3v) is 6.05. The molecule has 2 aromatic carbocycles. The molecule has 1 aliphatic heterocycles. The van der Waals surface area contributed by atoms with Crippen LogP contribution in [0.25, 0.3) is 33.6 Å². The van der Waals surface area contributed by atoms with Crippen LogP contribution in [0.2, 0.25) is 0 Å². The highest BCUT2D eigenvalue weighted by Crippen LogP contribution is 2.31. The molecular weight excluding hydrogens is 434 g/mol. The Hall–Kier alpha value is -3.69. The lowest BCUT2D eigenvalue weighted by Crippen LogP contribution is -2.47. The lowest BCUT2D eigenvalue weighted by molar-refractivity contribution is 0.0664. The first-order valence-electron chi connectivity index (χ1n) is 11.3. The monoisotopic (exact) mass is 461 g/mol. The summed E-state index contributed by atoms with van der Waals surface area (Å²) in [6.45, 7) is 4.31. The molecule has 0 aliphatic carbocycles. The minimum absolute atomic E-state index is 0.0639. The number of benzene rings is 2. The quantitative estimate of drug-likeness (QED) is 0.422. The molecule has 0 radical (unpaired) electrons. The molecule has 5 rings (SSSR count). The Labute approximate surface area is 197 Å². The van der Waals surface area contributed by atoms with Crippen molar-refractivity contribution in [3.63, 3.8) is 0 Å². The van der Waals surface area contributed by atoms with Gasteiger partial charge in [0.1, 0.15) is 23.7 Å². The molecular formula is C25H27N5O4. The number of piperazine rings is 1. The molecule has 0 unspecified atom stereocenters. The molecule has 34 heavy (non-hydrogen) atoms. The van der Waals surface area contributed by atoms with Crippen LogP contribution < -0.4 is 4.74 Å². The van der Waals surface area contributed by atoms with E-state index in [0.29, 0.717) is 35.9 Å². The van der Waals surface area contributed by atoms with E-state index in [1.165, 1.54) is 0 Å². The molecule has 4 aromatic rings. The molecule has 176 valence electrons. The second-order valence-corrected chi connectivity index (χ2v) is 8.37. The fourth-order valence-electron chi connectivity index (χ4n) is 4.02. The van der Waals surface area contributed by atoms with Gasteiger partial charge >= 0.3 is 0 Å². The molecule has 9 heteroatoms. The Bertz CT molecular complexity index is 1270. The number of aromatic nitrogens is 3. The van der Waals surface area contributed by atoms with Crippen LogP contribution >= 0.6 is 0 Å². The zero-order valence-electron chi connectivity index (χ0n) is 19.3. The number of methoxy groups -OCH3 is 1. The lowest BCUT2D eigenvalue weighted by Gasteiger charge is -2.32. The average Bonchev–Trinajstić information content (AvgIpc) is 3.51. The van der Waals surface area contributed by atoms with Crippen LogP contribution in [0, 0.1) is 0 Å². The van der Waals surface area contributed by atoms with Crippen molar-refractivity contribution in [2.75, 3.05) is 53.6 Å². The molecule has 1 N–H and O–H groups in total. The number of carbonyl (C=O) groups is 1. The topological polar surface area (TPSA) is 96.7 Å². The van der Waals surface area contributed by atoms with Gasteiger partial charge < -0.3 is 23.8 Å². The van der Waals surface area contributed by atoms with Gasteiger partial charge in [-0.05, 0) is 31.3 Å². The van der Waals surface area contributed by atoms with Crippen LogP contribution in [0.1, 0.15) is 10.4 Å². The number of ether oxygens (including phenoxy) is 2. The van der Waals surface area contributed by atoms with Gasteiger partial charge in [-0.3, -0.25) is 9.89 Å². The number of aromatic amines is 1. The molecule has 3 heterocycles. The number of hydrogen-bond donors (Lipinski definition) is 1. The standard InChI is InChI=1S/C25H27N5O4/c1-29-9-11-30(12-10-29)25(31)18-5-3-17(4-6-18)21-16-23(34-28-21)24-20-8-7-19(33-14-13-32-2)15-22(20)26-27-24/h3-8,15-16H,9-14H2,1-2H3,(H,26,27). The van der Waals surface area contributed by atoms with E-state index >= 15 is 0 Å². The number of carbonyl (C=O) groups excluding carboxylic acids is 1. The molecule has 1 fully saturated rings. The zero-order valence-corrected chi connectivity index (χ0v) is 19.3. The molecule has 0 spiro atoms. The van der Waals surface area contributed by atoms with Crippen molar-refractivity contribution < 1.29 is 18.8 Å². The van der Waals surface area contributed by atoms with Crippen molar-refractivity contribution in [2.24, 2.45) is 0 Å². The van der Waals surface area contributed by atoms with E-state index in [0.717, 1.165) is 48.4 Å². The minimum Gasteiger partial charge on any atom is -0.491 e. The smallest absolute Gasteiger partial charge is 0.253 e. The van der Waals surface area contributed by atoms with Crippen LogP contribution in [-0.2, 0) is 4.74 Å². The third-order valence-electron chi connectivity index (χ3n) is 6.05. The summed E-state index contributed by atoms with van der Waals surface area (Å²) in [6, 6.07) is 15.1. The summed E-state index contributed by atoms with van der Waals surface area (Å²) in [4.78, 5) is 16.9. The summed E-state index contributed by atoms with van der Waals surface area (Å²) in [5.74, 6) is 1.37. The maximum Gasteiger partial charge on any atom is 0.253 e. The maximum atomic E-state index is 12.8. The van der Waals surface area contributed by atoms with Crippen LogP contribution in [0.15, 0.2) is 53.1 Å². The highest BCUT2D eigenvalue weighted by molar-refractivity contribution is 5.95. The summed E-state index contributed by atoms with van der Waals surface area (Å²) in [6.07, 6.45) is 0. The number of hydrogen-bond acceptors (Lipinski definition) is 7. The largest absolute Gasteiger partial charge is 0.491 e. The SMILES string of the molecule is COCCOc1ccc2c(-c3cc(-c4ccc(C(=O)N5CCN(C)CC5)cc4)no3)n[nH]c2c1. The van der Waals surface area contributed by atoms with Gasteiger partial charge in [0.2, 0.25) is 0 Å². The Morgan fingerprint density at radius 1 is 1.06 bits per heavy atom. The van der Waals surface area contributed by atoms with E-state index in [2.05, 4.69) is 27.3 Å². The van der Waals surface area contributed by atoms with Crippen LogP contribution in [-0.4, -0.2) is 84.6 Å². The first-order valence-corrected chi connectivity index (χ1v) is 11.3. The van der Waals surface area contributed by atoms with E-state index in [1.54, 1.807) is 7.11 Å². The van der Waals surface area contributed by atoms with Gasteiger partial charge in [-0.2, -0.15) is 5.10 Å².